The number of thioether (sulfide) groups is 1. The maximum atomic E-state index is 12.8. The van der Waals surface area contributed by atoms with Gasteiger partial charge in [0.2, 0.25) is 5.91 Å². The quantitative estimate of drug-likeness (QED) is 0.399. The molecule has 9 heteroatoms. The van der Waals surface area contributed by atoms with Gasteiger partial charge in [-0.15, -0.1) is 11.8 Å². The monoisotopic (exact) mass is 472 g/mol. The van der Waals surface area contributed by atoms with Crippen LogP contribution < -0.4 is 14.8 Å². The number of nitrogens with one attached hydrogen (secondary N) is 2. The van der Waals surface area contributed by atoms with Crippen molar-refractivity contribution in [3.63, 3.8) is 0 Å². The van der Waals surface area contributed by atoms with Gasteiger partial charge in [0.1, 0.15) is 11.5 Å². The number of benzene rings is 3. The number of phenols is 1. The molecular weight excluding hydrogens is 448 g/mol. The van der Waals surface area contributed by atoms with Gasteiger partial charge in [-0.25, -0.2) is 8.42 Å². The van der Waals surface area contributed by atoms with Gasteiger partial charge in [-0.2, -0.15) is 0 Å². The molecule has 0 aliphatic rings. The smallest absolute Gasteiger partial charge is 0.262 e. The molecule has 7 nitrogen and oxygen atoms in total. The fraction of sp³-hybridized carbons (Fsp3) is 0.174. The Morgan fingerprint density at radius 2 is 1.75 bits per heavy atom. The highest BCUT2D eigenvalue weighted by atomic mass is 32.2. The third kappa shape index (κ3) is 6.18. The van der Waals surface area contributed by atoms with E-state index in [1.165, 1.54) is 42.6 Å². The maximum absolute atomic E-state index is 12.8. The van der Waals surface area contributed by atoms with Crippen LogP contribution in [0.3, 0.4) is 0 Å². The number of phenolic OH excluding ortho intramolecular Hbond substituents is 1. The first-order valence-electron chi connectivity index (χ1n) is 9.70. The number of hydrogen-bond donors (Lipinski definition) is 3. The molecule has 0 radical (unpaired) electrons. The molecule has 0 fully saturated rings. The first kappa shape index (κ1) is 23.5. The average Bonchev–Trinajstić information content (AvgIpc) is 2.76. The highest BCUT2D eigenvalue weighted by Gasteiger charge is 2.19. The number of carbonyl (C=O) groups is 1. The summed E-state index contributed by atoms with van der Waals surface area (Å²) in [5.41, 5.74) is 2.57. The predicted octanol–water partition coefficient (Wildman–Crippen LogP) is 4.38. The van der Waals surface area contributed by atoms with E-state index >= 15 is 0 Å². The average molecular weight is 473 g/mol. The Hall–Kier alpha value is -3.17. The molecule has 0 atom stereocenters. The lowest BCUT2D eigenvalue weighted by Gasteiger charge is -2.13. The number of methoxy groups -OCH3 is 1. The Labute approximate surface area is 191 Å². The van der Waals surface area contributed by atoms with Gasteiger partial charge in [-0.3, -0.25) is 9.52 Å². The van der Waals surface area contributed by atoms with Crippen molar-refractivity contribution < 1.29 is 23.1 Å². The molecule has 3 aromatic carbocycles. The Morgan fingerprint density at radius 1 is 1.03 bits per heavy atom. The van der Waals surface area contributed by atoms with Gasteiger partial charge >= 0.3 is 0 Å². The van der Waals surface area contributed by atoms with Gasteiger partial charge in [0.25, 0.3) is 10.0 Å². The van der Waals surface area contributed by atoms with Crippen LogP contribution in [0.2, 0.25) is 0 Å². The number of carbonyl (C=O) groups excluding carboxylic acids is 1. The van der Waals surface area contributed by atoms with Crippen LogP contribution in [0.1, 0.15) is 11.1 Å². The summed E-state index contributed by atoms with van der Waals surface area (Å²) in [4.78, 5) is 12.2. The minimum atomic E-state index is -3.98. The number of rotatable bonds is 9. The van der Waals surface area contributed by atoms with E-state index in [0.717, 1.165) is 5.56 Å². The molecule has 0 spiro atoms. The summed E-state index contributed by atoms with van der Waals surface area (Å²) in [5.74, 6) is 0.623. The number of para-hydroxylation sites is 2. The van der Waals surface area contributed by atoms with Gasteiger partial charge in [-0.1, -0.05) is 42.0 Å². The van der Waals surface area contributed by atoms with Crippen molar-refractivity contribution in [2.75, 3.05) is 22.9 Å². The number of anilines is 2. The molecule has 0 unspecified atom stereocenters. The van der Waals surface area contributed by atoms with Crippen LogP contribution in [0, 0.1) is 6.92 Å². The molecule has 1 amide bonds. The fourth-order valence-corrected chi connectivity index (χ4v) is 4.73. The second-order valence-corrected chi connectivity index (χ2v) is 9.68. The van der Waals surface area contributed by atoms with E-state index in [4.69, 9.17) is 4.74 Å². The van der Waals surface area contributed by atoms with Crippen molar-refractivity contribution in [1.29, 1.82) is 0 Å². The van der Waals surface area contributed by atoms with Crippen molar-refractivity contribution in [1.82, 2.24) is 0 Å². The molecule has 0 aliphatic heterocycles. The molecule has 0 aromatic heterocycles. The van der Waals surface area contributed by atoms with E-state index in [2.05, 4.69) is 10.0 Å². The van der Waals surface area contributed by atoms with E-state index in [1.54, 1.807) is 24.3 Å². The van der Waals surface area contributed by atoms with Crippen molar-refractivity contribution >= 4 is 39.1 Å². The summed E-state index contributed by atoms with van der Waals surface area (Å²) >= 11 is 1.42. The van der Waals surface area contributed by atoms with Gasteiger partial charge in [0, 0.05) is 5.75 Å². The van der Waals surface area contributed by atoms with Gasteiger partial charge in [0.05, 0.1) is 29.1 Å². The molecule has 0 bridgehead atoms. The number of sulfonamides is 1. The molecule has 168 valence electrons. The fourth-order valence-electron chi connectivity index (χ4n) is 2.85. The third-order valence-electron chi connectivity index (χ3n) is 4.53. The molecule has 0 saturated heterocycles. The second-order valence-electron chi connectivity index (χ2n) is 7.01. The Balaban J connectivity index is 1.66. The Morgan fingerprint density at radius 3 is 2.47 bits per heavy atom. The Kier molecular flexibility index (Phi) is 7.66. The number of aromatic hydroxyl groups is 1. The summed E-state index contributed by atoms with van der Waals surface area (Å²) in [7, 11) is -2.53. The zero-order valence-corrected chi connectivity index (χ0v) is 19.3. The lowest BCUT2D eigenvalue weighted by molar-refractivity contribution is -0.113. The topological polar surface area (TPSA) is 105 Å². The highest BCUT2D eigenvalue weighted by Crippen LogP contribution is 2.30. The van der Waals surface area contributed by atoms with Crippen molar-refractivity contribution in [3.8, 4) is 11.5 Å². The third-order valence-corrected chi connectivity index (χ3v) is 6.89. The first-order valence-corrected chi connectivity index (χ1v) is 12.3. The van der Waals surface area contributed by atoms with E-state index < -0.39 is 10.0 Å². The lowest BCUT2D eigenvalue weighted by Crippen LogP contribution is -2.16. The largest absolute Gasteiger partial charge is 0.506 e. The number of hydrogen-bond acceptors (Lipinski definition) is 6. The van der Waals surface area contributed by atoms with E-state index in [9.17, 15) is 18.3 Å². The number of ether oxygens (including phenoxy) is 1. The van der Waals surface area contributed by atoms with Gasteiger partial charge in [0.15, 0.2) is 0 Å². The van der Waals surface area contributed by atoms with Crippen LogP contribution in [-0.4, -0.2) is 32.3 Å². The predicted molar refractivity (Wildman–Crippen MR) is 128 cm³/mol. The van der Waals surface area contributed by atoms with Crippen LogP contribution in [0.15, 0.2) is 71.6 Å². The van der Waals surface area contributed by atoms with Crippen molar-refractivity contribution in [3.05, 3.63) is 77.9 Å². The highest BCUT2D eigenvalue weighted by molar-refractivity contribution is 7.99. The van der Waals surface area contributed by atoms with Crippen LogP contribution >= 0.6 is 11.8 Å². The second kappa shape index (κ2) is 10.4. The molecule has 0 saturated carbocycles. The van der Waals surface area contributed by atoms with E-state index in [1.807, 2.05) is 31.2 Å². The van der Waals surface area contributed by atoms with Crippen LogP contribution in [0.4, 0.5) is 11.4 Å². The van der Waals surface area contributed by atoms with Crippen LogP contribution in [-0.2, 0) is 20.6 Å². The number of amides is 1. The van der Waals surface area contributed by atoms with Crippen LogP contribution in [0.25, 0.3) is 0 Å². The molecule has 3 rings (SSSR count). The van der Waals surface area contributed by atoms with Gasteiger partial charge < -0.3 is 15.2 Å². The van der Waals surface area contributed by atoms with Crippen molar-refractivity contribution in [2.45, 2.75) is 17.6 Å². The van der Waals surface area contributed by atoms with Crippen molar-refractivity contribution in [2.24, 2.45) is 0 Å². The Bertz CT molecular complexity index is 1200. The summed E-state index contributed by atoms with van der Waals surface area (Å²) in [6.07, 6.45) is 0. The SMILES string of the molecule is COc1ccccc1NS(=O)(=O)c1ccc(O)c(NC(=O)CSCc2ccc(C)cc2)c1. The standard InChI is InChI=1S/C23H24N2O5S2/c1-16-7-9-17(10-8-16)14-31-15-23(27)24-20-13-18(11-12-21(20)26)32(28,29)25-19-5-3-4-6-22(19)30-2/h3-13,25-26H,14-15H2,1-2H3,(H,24,27). The van der Waals surface area contributed by atoms with E-state index in [0.29, 0.717) is 11.5 Å². The summed E-state index contributed by atoms with van der Waals surface area (Å²) in [6, 6.07) is 18.4. The zero-order chi connectivity index (χ0) is 23.1. The number of aryl methyl sites for hydroxylation is 1. The minimum Gasteiger partial charge on any atom is -0.506 e. The minimum absolute atomic E-state index is 0.0221. The van der Waals surface area contributed by atoms with Crippen LogP contribution in [0.5, 0.6) is 11.5 Å². The summed E-state index contributed by atoms with van der Waals surface area (Å²) in [6.45, 7) is 2.01. The first-order chi connectivity index (χ1) is 15.3. The molecular formula is C23H24N2O5S2. The molecule has 3 aromatic rings. The molecule has 0 heterocycles. The summed E-state index contributed by atoms with van der Waals surface area (Å²) < 4.78 is 33.2. The van der Waals surface area contributed by atoms with Gasteiger partial charge in [-0.05, 0) is 42.8 Å². The summed E-state index contributed by atoms with van der Waals surface area (Å²) in [5, 5.41) is 12.7. The molecule has 3 N–H and O–H groups in total. The molecule has 32 heavy (non-hydrogen) atoms. The molecule has 0 aliphatic carbocycles. The van der Waals surface area contributed by atoms with E-state index in [-0.39, 0.29) is 33.7 Å². The normalized spacial score (nSPS) is 11.1. The lowest BCUT2D eigenvalue weighted by atomic mass is 10.2. The maximum Gasteiger partial charge on any atom is 0.262 e. The zero-order valence-electron chi connectivity index (χ0n) is 17.7.